The van der Waals surface area contributed by atoms with E-state index in [1.165, 1.54) is 4.90 Å². The lowest BCUT2D eigenvalue weighted by atomic mass is 9.98. The summed E-state index contributed by atoms with van der Waals surface area (Å²) in [5.41, 5.74) is 2.05. The number of amides is 2. The average molecular weight is 432 g/mol. The zero-order valence-corrected chi connectivity index (χ0v) is 17.0. The van der Waals surface area contributed by atoms with Crippen molar-refractivity contribution in [3.63, 3.8) is 0 Å². The van der Waals surface area contributed by atoms with Crippen molar-refractivity contribution in [2.24, 2.45) is 5.92 Å². The average Bonchev–Trinajstić information content (AvgIpc) is 2.94. The first-order valence-corrected chi connectivity index (χ1v) is 9.60. The molecule has 0 radical (unpaired) electrons. The van der Waals surface area contributed by atoms with Crippen molar-refractivity contribution in [2.75, 3.05) is 20.8 Å². The molecule has 1 aliphatic rings. The maximum absolute atomic E-state index is 12.7. The van der Waals surface area contributed by atoms with Crippen molar-refractivity contribution in [1.29, 1.82) is 0 Å². The Hall–Kier alpha value is -2.34. The summed E-state index contributed by atoms with van der Waals surface area (Å²) in [5.74, 6) is 0.849. The van der Waals surface area contributed by atoms with E-state index >= 15 is 0 Å². The van der Waals surface area contributed by atoms with Crippen molar-refractivity contribution >= 4 is 27.7 Å². The van der Waals surface area contributed by atoms with Crippen molar-refractivity contribution in [3.05, 3.63) is 58.1 Å². The van der Waals surface area contributed by atoms with Gasteiger partial charge < -0.3 is 9.47 Å². The van der Waals surface area contributed by atoms with Gasteiger partial charge in [0.25, 0.3) is 0 Å². The molecule has 3 rings (SSSR count). The second-order valence-electron chi connectivity index (χ2n) is 6.55. The molecule has 27 heavy (non-hydrogen) atoms. The molecule has 2 aromatic carbocycles. The van der Waals surface area contributed by atoms with Crippen molar-refractivity contribution in [2.45, 2.75) is 19.3 Å². The summed E-state index contributed by atoms with van der Waals surface area (Å²) < 4.78 is 11.5. The standard InChI is InChI=1S/C21H22BrNO4/c1-26-18-8-5-15(12-19(18)27-2)9-10-23-20(24)13-16(21(23)25)11-14-3-6-17(22)7-4-14/h3-8,12,16H,9-11,13H2,1-2H3/t16-/m1/s1. The van der Waals surface area contributed by atoms with Crippen molar-refractivity contribution in [3.8, 4) is 11.5 Å². The smallest absolute Gasteiger partial charge is 0.233 e. The number of hydrogen-bond acceptors (Lipinski definition) is 4. The Balaban J connectivity index is 1.63. The van der Waals surface area contributed by atoms with E-state index in [9.17, 15) is 9.59 Å². The third-order valence-corrected chi connectivity index (χ3v) is 5.33. The van der Waals surface area contributed by atoms with Gasteiger partial charge in [0.15, 0.2) is 11.5 Å². The number of hydrogen-bond donors (Lipinski definition) is 0. The number of ether oxygens (including phenoxy) is 2. The lowest BCUT2D eigenvalue weighted by Crippen LogP contribution is -2.33. The summed E-state index contributed by atoms with van der Waals surface area (Å²) in [6.45, 7) is 0.379. The van der Waals surface area contributed by atoms with Gasteiger partial charge in [-0.25, -0.2) is 0 Å². The number of halogens is 1. The summed E-state index contributed by atoms with van der Waals surface area (Å²) in [7, 11) is 3.17. The van der Waals surface area contributed by atoms with E-state index in [0.717, 1.165) is 15.6 Å². The van der Waals surface area contributed by atoms with Crippen LogP contribution in [0.5, 0.6) is 11.5 Å². The van der Waals surface area contributed by atoms with Gasteiger partial charge in [-0.2, -0.15) is 0 Å². The largest absolute Gasteiger partial charge is 0.493 e. The van der Waals surface area contributed by atoms with Crippen molar-refractivity contribution in [1.82, 2.24) is 4.90 Å². The molecule has 5 nitrogen and oxygen atoms in total. The van der Waals surface area contributed by atoms with Crippen molar-refractivity contribution < 1.29 is 19.1 Å². The second kappa shape index (κ2) is 8.57. The van der Waals surface area contributed by atoms with Crippen LogP contribution in [0.4, 0.5) is 0 Å². The lowest BCUT2D eigenvalue weighted by molar-refractivity contribution is -0.139. The Kier molecular flexibility index (Phi) is 6.16. The first kappa shape index (κ1) is 19.4. The molecule has 0 spiro atoms. The number of carbonyl (C=O) groups excluding carboxylic acids is 2. The molecule has 0 saturated carbocycles. The second-order valence-corrected chi connectivity index (χ2v) is 7.47. The molecular formula is C21H22BrNO4. The van der Waals surface area contributed by atoms with Gasteiger partial charge in [-0.1, -0.05) is 34.1 Å². The summed E-state index contributed by atoms with van der Waals surface area (Å²) in [4.78, 5) is 26.4. The van der Waals surface area contributed by atoms with E-state index < -0.39 is 0 Å². The predicted molar refractivity (Wildman–Crippen MR) is 106 cm³/mol. The van der Waals surface area contributed by atoms with Gasteiger partial charge in [0.05, 0.1) is 20.1 Å². The van der Waals surface area contributed by atoms with Crippen LogP contribution in [0.25, 0.3) is 0 Å². The minimum atomic E-state index is -0.274. The number of rotatable bonds is 7. The van der Waals surface area contributed by atoms with Crippen LogP contribution in [-0.4, -0.2) is 37.5 Å². The van der Waals surface area contributed by atoms with Gasteiger partial charge >= 0.3 is 0 Å². The molecule has 1 atom stereocenters. The van der Waals surface area contributed by atoms with Gasteiger partial charge in [0.2, 0.25) is 11.8 Å². The van der Waals surface area contributed by atoms with Crippen LogP contribution in [0.2, 0.25) is 0 Å². The zero-order valence-electron chi connectivity index (χ0n) is 15.4. The molecule has 0 unspecified atom stereocenters. The van der Waals surface area contributed by atoms with Gasteiger partial charge in [-0.15, -0.1) is 0 Å². The monoisotopic (exact) mass is 431 g/mol. The first-order chi connectivity index (χ1) is 13.0. The number of benzene rings is 2. The van der Waals surface area contributed by atoms with E-state index in [-0.39, 0.29) is 24.2 Å². The zero-order chi connectivity index (χ0) is 19.4. The maximum atomic E-state index is 12.7. The Bertz CT molecular complexity index is 835. The molecular weight excluding hydrogens is 410 g/mol. The molecule has 1 aliphatic heterocycles. The minimum absolute atomic E-state index is 0.0802. The van der Waals surface area contributed by atoms with Gasteiger partial charge in [-0.05, 0) is 48.2 Å². The van der Waals surface area contributed by atoms with Crippen LogP contribution in [0.15, 0.2) is 46.9 Å². The van der Waals surface area contributed by atoms with Crippen LogP contribution >= 0.6 is 15.9 Å². The van der Waals surface area contributed by atoms with E-state index in [0.29, 0.717) is 30.9 Å². The Morgan fingerprint density at radius 1 is 1.00 bits per heavy atom. The van der Waals surface area contributed by atoms with Crippen LogP contribution in [0.1, 0.15) is 17.5 Å². The molecule has 6 heteroatoms. The first-order valence-electron chi connectivity index (χ1n) is 8.81. The van der Waals surface area contributed by atoms with E-state index in [1.807, 2.05) is 42.5 Å². The van der Waals surface area contributed by atoms with E-state index in [4.69, 9.17) is 9.47 Å². The SMILES string of the molecule is COc1ccc(CCN2C(=O)C[C@@H](Cc3ccc(Br)cc3)C2=O)cc1OC. The quantitative estimate of drug-likeness (QED) is 0.628. The highest BCUT2D eigenvalue weighted by atomic mass is 79.9. The van der Waals surface area contributed by atoms with Gasteiger partial charge in [-0.3, -0.25) is 14.5 Å². The molecule has 1 fully saturated rings. The molecule has 2 aromatic rings. The fourth-order valence-electron chi connectivity index (χ4n) is 3.33. The van der Waals surface area contributed by atoms with E-state index in [1.54, 1.807) is 14.2 Å². The fraction of sp³-hybridized carbons (Fsp3) is 0.333. The number of imide groups is 1. The summed E-state index contributed by atoms with van der Waals surface area (Å²) >= 11 is 3.40. The Morgan fingerprint density at radius 2 is 1.67 bits per heavy atom. The Labute approximate surface area is 167 Å². The Morgan fingerprint density at radius 3 is 2.33 bits per heavy atom. The number of methoxy groups -OCH3 is 2. The third kappa shape index (κ3) is 4.50. The lowest BCUT2D eigenvalue weighted by Gasteiger charge is -2.16. The topological polar surface area (TPSA) is 55.8 Å². The van der Waals surface area contributed by atoms with Gasteiger partial charge in [0.1, 0.15) is 0 Å². The summed E-state index contributed by atoms with van der Waals surface area (Å²) in [6.07, 6.45) is 1.45. The highest BCUT2D eigenvalue weighted by Crippen LogP contribution is 2.29. The highest BCUT2D eigenvalue weighted by Gasteiger charge is 2.37. The molecule has 1 saturated heterocycles. The van der Waals surface area contributed by atoms with E-state index in [2.05, 4.69) is 15.9 Å². The molecule has 2 amide bonds. The molecule has 142 valence electrons. The maximum Gasteiger partial charge on any atom is 0.233 e. The molecule has 1 heterocycles. The van der Waals surface area contributed by atoms with Crippen LogP contribution in [0, 0.1) is 5.92 Å². The number of carbonyl (C=O) groups is 2. The predicted octanol–water partition coefficient (Wildman–Crippen LogP) is 3.63. The summed E-state index contributed by atoms with van der Waals surface area (Å²) in [5, 5.41) is 0. The highest BCUT2D eigenvalue weighted by molar-refractivity contribution is 9.10. The normalized spacial score (nSPS) is 16.7. The fourth-order valence-corrected chi connectivity index (χ4v) is 3.59. The number of likely N-dealkylation sites (tertiary alicyclic amines) is 1. The van der Waals surface area contributed by atoms with Crippen LogP contribution in [-0.2, 0) is 22.4 Å². The van der Waals surface area contributed by atoms with Crippen LogP contribution < -0.4 is 9.47 Å². The molecule has 0 aromatic heterocycles. The van der Waals surface area contributed by atoms with Gasteiger partial charge in [0, 0.05) is 17.4 Å². The minimum Gasteiger partial charge on any atom is -0.493 e. The molecule has 0 aliphatic carbocycles. The molecule has 0 bridgehead atoms. The summed E-state index contributed by atoms with van der Waals surface area (Å²) in [6, 6.07) is 13.5. The van der Waals surface area contributed by atoms with Crippen LogP contribution in [0.3, 0.4) is 0 Å². The number of nitrogens with zero attached hydrogens (tertiary/aromatic N) is 1. The molecule has 0 N–H and O–H groups in total. The third-order valence-electron chi connectivity index (χ3n) is 4.80.